The van der Waals surface area contributed by atoms with Gasteiger partial charge in [0, 0.05) is 20.2 Å². The van der Waals surface area contributed by atoms with Crippen molar-refractivity contribution < 1.29 is 14.6 Å². The van der Waals surface area contributed by atoms with Crippen molar-refractivity contribution >= 4 is 5.97 Å². The largest absolute Gasteiger partial charge is 0.481 e. The molecule has 1 atom stereocenters. The van der Waals surface area contributed by atoms with Gasteiger partial charge in [-0.05, 0) is 13.0 Å². The second-order valence-corrected chi connectivity index (χ2v) is 4.95. The molecule has 1 unspecified atom stereocenters. The highest BCUT2D eigenvalue weighted by Gasteiger charge is 2.15. The van der Waals surface area contributed by atoms with Crippen molar-refractivity contribution in [1.29, 1.82) is 0 Å². The van der Waals surface area contributed by atoms with Crippen molar-refractivity contribution in [2.75, 3.05) is 33.4 Å². The number of carboxylic acids is 1. The lowest BCUT2D eigenvalue weighted by Crippen LogP contribution is -2.35. The fraction of sp³-hybridized carbons (Fsp3) is 0.929. The zero-order valence-corrected chi connectivity index (χ0v) is 12.2. The topological polar surface area (TPSA) is 49.8 Å². The summed E-state index contributed by atoms with van der Waals surface area (Å²) in [5.74, 6) is -1.03. The van der Waals surface area contributed by atoms with E-state index in [1.54, 1.807) is 14.0 Å². The number of methoxy groups -OCH3 is 1. The first kappa shape index (κ1) is 17.4. The lowest BCUT2D eigenvalue weighted by Gasteiger charge is -2.23. The Morgan fingerprint density at radius 1 is 1.22 bits per heavy atom. The summed E-state index contributed by atoms with van der Waals surface area (Å²) in [5.41, 5.74) is 0. The standard InChI is InChI=1S/C14H29NO3/c1-4-5-6-7-8-9-15(10-11-18-3)12-13(2)14(16)17/h13H,4-12H2,1-3H3,(H,16,17). The molecule has 0 aliphatic rings. The summed E-state index contributed by atoms with van der Waals surface area (Å²) in [6.45, 7) is 7.05. The van der Waals surface area contributed by atoms with Crippen molar-refractivity contribution in [2.24, 2.45) is 5.92 Å². The number of rotatable bonds is 12. The lowest BCUT2D eigenvalue weighted by molar-refractivity contribution is -0.141. The van der Waals surface area contributed by atoms with Gasteiger partial charge in [0.15, 0.2) is 0 Å². The highest BCUT2D eigenvalue weighted by molar-refractivity contribution is 5.69. The molecule has 0 aliphatic heterocycles. The average Bonchev–Trinajstić information content (AvgIpc) is 2.34. The Kier molecular flexibility index (Phi) is 11.1. The molecule has 0 saturated heterocycles. The van der Waals surface area contributed by atoms with Gasteiger partial charge >= 0.3 is 5.97 Å². The van der Waals surface area contributed by atoms with E-state index in [0.29, 0.717) is 13.2 Å². The predicted octanol–water partition coefficient (Wildman–Crippen LogP) is 2.63. The van der Waals surface area contributed by atoms with E-state index < -0.39 is 5.97 Å². The highest BCUT2D eigenvalue weighted by atomic mass is 16.5. The quantitative estimate of drug-likeness (QED) is 0.547. The van der Waals surface area contributed by atoms with Gasteiger partial charge < -0.3 is 14.7 Å². The lowest BCUT2D eigenvalue weighted by atomic mass is 10.1. The Hall–Kier alpha value is -0.610. The molecule has 18 heavy (non-hydrogen) atoms. The predicted molar refractivity (Wildman–Crippen MR) is 73.9 cm³/mol. The summed E-state index contributed by atoms with van der Waals surface area (Å²) >= 11 is 0. The maximum Gasteiger partial charge on any atom is 0.307 e. The first-order valence-corrected chi connectivity index (χ1v) is 7.05. The van der Waals surface area contributed by atoms with Crippen molar-refractivity contribution in [3.05, 3.63) is 0 Å². The average molecular weight is 259 g/mol. The third-order valence-electron chi connectivity index (χ3n) is 3.14. The van der Waals surface area contributed by atoms with Crippen LogP contribution in [0.2, 0.25) is 0 Å². The minimum atomic E-state index is -0.719. The molecule has 0 rings (SSSR count). The van der Waals surface area contributed by atoms with E-state index in [9.17, 15) is 4.79 Å². The number of aliphatic carboxylic acids is 1. The molecular formula is C14H29NO3. The molecule has 0 aromatic rings. The van der Waals surface area contributed by atoms with Crippen LogP contribution in [-0.4, -0.2) is 49.3 Å². The van der Waals surface area contributed by atoms with Crippen molar-refractivity contribution in [1.82, 2.24) is 4.90 Å². The van der Waals surface area contributed by atoms with Crippen LogP contribution in [0.5, 0.6) is 0 Å². The van der Waals surface area contributed by atoms with E-state index in [4.69, 9.17) is 9.84 Å². The molecule has 0 aromatic heterocycles. The number of nitrogens with zero attached hydrogens (tertiary/aromatic N) is 1. The molecule has 0 spiro atoms. The second-order valence-electron chi connectivity index (χ2n) is 4.95. The first-order valence-electron chi connectivity index (χ1n) is 7.05. The van der Waals surface area contributed by atoms with Crippen molar-refractivity contribution in [3.8, 4) is 0 Å². The third kappa shape index (κ3) is 9.42. The molecule has 4 heteroatoms. The monoisotopic (exact) mass is 259 g/mol. The Morgan fingerprint density at radius 3 is 2.44 bits per heavy atom. The van der Waals surface area contributed by atoms with E-state index in [2.05, 4.69) is 11.8 Å². The number of carbonyl (C=O) groups is 1. The molecule has 0 amide bonds. The molecule has 108 valence electrons. The molecule has 0 heterocycles. The van der Waals surface area contributed by atoms with Crippen LogP contribution < -0.4 is 0 Å². The van der Waals surface area contributed by atoms with Crippen LogP contribution in [0.3, 0.4) is 0 Å². The van der Waals surface area contributed by atoms with Crippen LogP contribution in [0.4, 0.5) is 0 Å². The van der Waals surface area contributed by atoms with Crippen molar-refractivity contribution in [3.63, 3.8) is 0 Å². The van der Waals surface area contributed by atoms with Gasteiger partial charge in [0.1, 0.15) is 0 Å². The van der Waals surface area contributed by atoms with E-state index in [1.807, 2.05) is 0 Å². The van der Waals surface area contributed by atoms with Crippen LogP contribution >= 0.6 is 0 Å². The number of unbranched alkanes of at least 4 members (excludes halogenated alkanes) is 4. The molecular weight excluding hydrogens is 230 g/mol. The summed E-state index contributed by atoms with van der Waals surface area (Å²) in [5, 5.41) is 8.94. The Morgan fingerprint density at radius 2 is 1.89 bits per heavy atom. The molecule has 0 saturated carbocycles. The normalized spacial score (nSPS) is 12.9. The van der Waals surface area contributed by atoms with Crippen molar-refractivity contribution in [2.45, 2.75) is 46.0 Å². The molecule has 0 fully saturated rings. The Bertz CT molecular complexity index is 209. The summed E-state index contributed by atoms with van der Waals surface area (Å²) in [6, 6.07) is 0. The van der Waals surface area contributed by atoms with Gasteiger partial charge in [-0.1, -0.05) is 39.5 Å². The first-order chi connectivity index (χ1) is 8.61. The van der Waals surface area contributed by atoms with Crippen LogP contribution in [0.1, 0.15) is 46.0 Å². The van der Waals surface area contributed by atoms with Gasteiger partial charge in [-0.25, -0.2) is 0 Å². The van der Waals surface area contributed by atoms with Gasteiger partial charge in [0.05, 0.1) is 12.5 Å². The third-order valence-corrected chi connectivity index (χ3v) is 3.14. The minimum Gasteiger partial charge on any atom is -0.481 e. The molecule has 1 N–H and O–H groups in total. The van der Waals surface area contributed by atoms with E-state index in [0.717, 1.165) is 19.5 Å². The van der Waals surface area contributed by atoms with Crippen LogP contribution in [0.25, 0.3) is 0 Å². The summed E-state index contributed by atoms with van der Waals surface area (Å²) in [7, 11) is 1.68. The molecule has 0 radical (unpaired) electrons. The fourth-order valence-corrected chi connectivity index (χ4v) is 1.92. The SMILES string of the molecule is CCCCCCCN(CCOC)CC(C)C(=O)O. The zero-order valence-electron chi connectivity index (χ0n) is 12.2. The maximum absolute atomic E-state index is 10.9. The van der Waals surface area contributed by atoms with Gasteiger partial charge in [-0.15, -0.1) is 0 Å². The van der Waals surface area contributed by atoms with Gasteiger partial charge in [-0.3, -0.25) is 4.79 Å². The molecule has 4 nitrogen and oxygen atoms in total. The van der Waals surface area contributed by atoms with Gasteiger partial charge in [-0.2, -0.15) is 0 Å². The molecule has 0 bridgehead atoms. The number of hydrogen-bond donors (Lipinski definition) is 1. The molecule has 0 aliphatic carbocycles. The summed E-state index contributed by atoms with van der Waals surface area (Å²) < 4.78 is 5.07. The van der Waals surface area contributed by atoms with Gasteiger partial charge in [0.25, 0.3) is 0 Å². The van der Waals surface area contributed by atoms with Gasteiger partial charge in [0.2, 0.25) is 0 Å². The second kappa shape index (κ2) is 11.5. The Labute approximate surface area is 111 Å². The fourth-order valence-electron chi connectivity index (χ4n) is 1.92. The number of carboxylic acid groups (broad SMARTS) is 1. The summed E-state index contributed by atoms with van der Waals surface area (Å²) in [4.78, 5) is 13.1. The number of hydrogen-bond acceptors (Lipinski definition) is 3. The maximum atomic E-state index is 10.9. The van der Waals surface area contributed by atoms with E-state index in [-0.39, 0.29) is 5.92 Å². The Balaban J connectivity index is 3.87. The highest BCUT2D eigenvalue weighted by Crippen LogP contribution is 2.06. The zero-order chi connectivity index (χ0) is 13.8. The van der Waals surface area contributed by atoms with Crippen LogP contribution in [0.15, 0.2) is 0 Å². The van der Waals surface area contributed by atoms with E-state index >= 15 is 0 Å². The van der Waals surface area contributed by atoms with Crippen LogP contribution in [-0.2, 0) is 9.53 Å². The van der Waals surface area contributed by atoms with E-state index in [1.165, 1.54) is 25.7 Å². The van der Waals surface area contributed by atoms with Crippen LogP contribution in [0, 0.1) is 5.92 Å². The minimum absolute atomic E-state index is 0.308. The molecule has 0 aromatic carbocycles. The smallest absolute Gasteiger partial charge is 0.307 e. The number of ether oxygens (including phenoxy) is 1. The summed E-state index contributed by atoms with van der Waals surface area (Å²) in [6.07, 6.45) is 6.21.